The van der Waals surface area contributed by atoms with E-state index in [-0.39, 0.29) is 11.5 Å². The number of hydrogen-bond donors (Lipinski definition) is 1. The Kier molecular flexibility index (Phi) is 8.39. The molecule has 12 heteroatoms. The summed E-state index contributed by atoms with van der Waals surface area (Å²) in [5.74, 6) is 1.11. The zero-order chi connectivity index (χ0) is 31.8. The van der Waals surface area contributed by atoms with Gasteiger partial charge < -0.3 is 34.5 Å². The average Bonchev–Trinajstić information content (AvgIpc) is 3.07. The lowest BCUT2D eigenvalue weighted by atomic mass is 10.0. The zero-order valence-electron chi connectivity index (χ0n) is 26.5. The van der Waals surface area contributed by atoms with E-state index in [4.69, 9.17) is 15.2 Å². The quantitative estimate of drug-likeness (QED) is 0.313. The molecule has 1 unspecified atom stereocenters. The van der Waals surface area contributed by atoms with Crippen LogP contribution in [0, 0.1) is 5.82 Å². The van der Waals surface area contributed by atoms with E-state index in [1.165, 1.54) is 6.07 Å². The third kappa shape index (κ3) is 5.94. The molecule has 2 fully saturated rings. The molecule has 7 rings (SSSR count). The first-order valence-corrected chi connectivity index (χ1v) is 16.0. The van der Waals surface area contributed by atoms with Gasteiger partial charge in [0.25, 0.3) is 0 Å². The van der Waals surface area contributed by atoms with E-state index < -0.39 is 5.82 Å². The molecule has 0 bridgehead atoms. The van der Waals surface area contributed by atoms with Gasteiger partial charge >= 0.3 is 0 Å². The largest absolute Gasteiger partial charge is 0.487 e. The lowest BCUT2D eigenvalue weighted by Crippen LogP contribution is -2.48. The number of rotatable bonds is 8. The van der Waals surface area contributed by atoms with Crippen molar-refractivity contribution in [2.24, 2.45) is 0 Å². The number of likely N-dealkylation sites (N-methyl/N-ethyl adjacent to an activating group) is 1. The molecule has 0 aliphatic carbocycles. The van der Waals surface area contributed by atoms with Gasteiger partial charge in [-0.2, -0.15) is 0 Å². The Bertz CT molecular complexity index is 1770. The minimum Gasteiger partial charge on any atom is -0.487 e. The number of piperidine rings is 1. The fourth-order valence-corrected chi connectivity index (χ4v) is 7.05. The molecule has 0 saturated carbocycles. The highest BCUT2D eigenvalue weighted by Gasteiger charge is 2.31. The number of nitrogens with two attached hydrogens (primary N) is 1. The molecule has 2 N–H and O–H groups in total. The van der Waals surface area contributed by atoms with Crippen LogP contribution in [0.4, 0.5) is 21.6 Å². The number of benzene rings is 1. The highest BCUT2D eigenvalue weighted by atomic mass is 19.1. The molecule has 46 heavy (non-hydrogen) atoms. The molecule has 6 heterocycles. The minimum atomic E-state index is -0.407. The summed E-state index contributed by atoms with van der Waals surface area (Å²) < 4.78 is 29.5. The van der Waals surface area contributed by atoms with E-state index in [1.807, 2.05) is 41.6 Å². The standard InChI is InChI=1S/C34H41FN8O3/c1-39-10-12-40(13-11-39)32-28(35)17-27-31-34(32)46-15-14-42(31)20-24(33(27)44)21-43(19-23-7-8-37-30(16-23)45-2)26-4-3-9-41(22-26)25-5-6-29(36)38-18-25/h5-8,16-18,20,26H,3-4,9-15,19,21-22H2,1-2H3,(H2,36,38). The van der Waals surface area contributed by atoms with Crippen molar-refractivity contribution in [1.82, 2.24) is 24.3 Å². The van der Waals surface area contributed by atoms with E-state index in [2.05, 4.69) is 36.3 Å². The second-order valence-electron chi connectivity index (χ2n) is 12.5. The van der Waals surface area contributed by atoms with Crippen molar-refractivity contribution < 1.29 is 13.9 Å². The normalized spacial score (nSPS) is 18.7. The number of anilines is 3. The maximum atomic E-state index is 15.9. The monoisotopic (exact) mass is 628 g/mol. The van der Waals surface area contributed by atoms with Crippen LogP contribution in [0.15, 0.2) is 53.7 Å². The van der Waals surface area contributed by atoms with Gasteiger partial charge in [-0.1, -0.05) is 0 Å². The third-order valence-corrected chi connectivity index (χ3v) is 9.53. The van der Waals surface area contributed by atoms with Crippen LogP contribution in [0.3, 0.4) is 0 Å². The van der Waals surface area contributed by atoms with Crippen LogP contribution in [0.25, 0.3) is 10.9 Å². The summed E-state index contributed by atoms with van der Waals surface area (Å²) in [6, 6.07) is 9.33. The summed E-state index contributed by atoms with van der Waals surface area (Å²) in [6.45, 7) is 6.81. The Morgan fingerprint density at radius 3 is 2.70 bits per heavy atom. The van der Waals surface area contributed by atoms with Gasteiger partial charge in [0.15, 0.2) is 17.0 Å². The molecule has 242 valence electrons. The van der Waals surface area contributed by atoms with Crippen LogP contribution >= 0.6 is 0 Å². The molecule has 11 nitrogen and oxygen atoms in total. The van der Waals surface area contributed by atoms with Gasteiger partial charge in [0, 0.05) is 82.4 Å². The molecule has 3 aliphatic heterocycles. The maximum absolute atomic E-state index is 15.9. The second-order valence-corrected chi connectivity index (χ2v) is 12.5. The highest BCUT2D eigenvalue weighted by Crippen LogP contribution is 2.40. The Hall–Kier alpha value is -4.42. The van der Waals surface area contributed by atoms with Gasteiger partial charge in [-0.25, -0.2) is 14.4 Å². The van der Waals surface area contributed by atoms with Crippen LogP contribution in [0.2, 0.25) is 0 Å². The van der Waals surface area contributed by atoms with E-state index >= 15 is 4.39 Å². The Balaban J connectivity index is 1.25. The van der Waals surface area contributed by atoms with Crippen molar-refractivity contribution in [3.63, 3.8) is 0 Å². The number of methoxy groups -OCH3 is 1. The van der Waals surface area contributed by atoms with Gasteiger partial charge in [0.05, 0.1) is 36.4 Å². The summed E-state index contributed by atoms with van der Waals surface area (Å²) >= 11 is 0. The number of nitrogen functional groups attached to an aromatic ring is 1. The van der Waals surface area contributed by atoms with Crippen molar-refractivity contribution in [2.45, 2.75) is 38.5 Å². The lowest BCUT2D eigenvalue weighted by molar-refractivity contribution is 0.157. The van der Waals surface area contributed by atoms with Gasteiger partial charge in [-0.15, -0.1) is 0 Å². The van der Waals surface area contributed by atoms with Gasteiger partial charge in [0.1, 0.15) is 18.1 Å². The van der Waals surface area contributed by atoms with Crippen molar-refractivity contribution in [3.8, 4) is 11.6 Å². The lowest BCUT2D eigenvalue weighted by Gasteiger charge is -2.40. The summed E-state index contributed by atoms with van der Waals surface area (Å²) in [6.07, 6.45) is 7.50. The molecule has 1 aromatic carbocycles. The first-order valence-electron chi connectivity index (χ1n) is 16.0. The minimum absolute atomic E-state index is 0.150. The van der Waals surface area contributed by atoms with Crippen molar-refractivity contribution in [1.29, 1.82) is 0 Å². The number of ether oxygens (including phenoxy) is 2. The van der Waals surface area contributed by atoms with Crippen molar-refractivity contribution in [3.05, 3.63) is 76.1 Å². The molecule has 0 spiro atoms. The van der Waals surface area contributed by atoms with Crippen LogP contribution in [0.1, 0.15) is 24.0 Å². The molecule has 0 amide bonds. The van der Waals surface area contributed by atoms with Crippen LogP contribution in [0.5, 0.6) is 11.6 Å². The van der Waals surface area contributed by atoms with Crippen molar-refractivity contribution >= 4 is 28.1 Å². The number of halogens is 1. The van der Waals surface area contributed by atoms with E-state index in [9.17, 15) is 4.79 Å². The molecular weight excluding hydrogens is 587 g/mol. The number of nitrogens with zero attached hydrogens (tertiary/aromatic N) is 7. The first kappa shape index (κ1) is 30.2. The molecule has 0 radical (unpaired) electrons. The molecule has 3 aliphatic rings. The van der Waals surface area contributed by atoms with Crippen molar-refractivity contribution in [2.75, 3.05) is 75.6 Å². The van der Waals surface area contributed by atoms with Crippen LogP contribution in [-0.2, 0) is 19.6 Å². The zero-order valence-corrected chi connectivity index (χ0v) is 26.5. The SMILES string of the molecule is COc1cc(CN(Cc2cn3c4c(c(N5CCN(C)CC5)c(F)cc4c2=O)OCC3)C2CCCN(c3ccc(N)nc3)C2)ccn1. The fraction of sp³-hybridized carbons (Fsp3) is 0.441. The summed E-state index contributed by atoms with van der Waals surface area (Å²) in [5, 5.41) is 0.367. The molecule has 1 atom stereocenters. The predicted molar refractivity (Wildman–Crippen MR) is 177 cm³/mol. The Morgan fingerprint density at radius 1 is 1.07 bits per heavy atom. The topological polar surface area (TPSA) is 105 Å². The predicted octanol–water partition coefficient (Wildman–Crippen LogP) is 3.34. The van der Waals surface area contributed by atoms with Gasteiger partial charge in [0.2, 0.25) is 5.88 Å². The Labute approximate surface area is 267 Å². The van der Waals surface area contributed by atoms with E-state index in [0.717, 1.165) is 50.3 Å². The molecule has 2 saturated heterocycles. The summed E-state index contributed by atoms with van der Waals surface area (Å²) in [5.41, 5.74) is 9.55. The molecule has 3 aromatic heterocycles. The number of piperazine rings is 1. The van der Waals surface area contributed by atoms with Gasteiger partial charge in [-0.3, -0.25) is 9.69 Å². The molecular formula is C34H41FN8O3. The summed E-state index contributed by atoms with van der Waals surface area (Å²) in [4.78, 5) is 31.8. The van der Waals surface area contributed by atoms with Crippen LogP contribution in [-0.4, -0.2) is 90.4 Å². The van der Waals surface area contributed by atoms with E-state index in [0.29, 0.717) is 78.9 Å². The number of aromatic nitrogens is 3. The third-order valence-electron chi connectivity index (χ3n) is 9.53. The first-order chi connectivity index (χ1) is 22.4. The fourth-order valence-electron chi connectivity index (χ4n) is 7.05. The van der Waals surface area contributed by atoms with Crippen LogP contribution < -0.4 is 30.4 Å². The second kappa shape index (κ2) is 12.8. The van der Waals surface area contributed by atoms with Gasteiger partial charge in [-0.05, 0) is 49.7 Å². The number of pyridine rings is 3. The smallest absolute Gasteiger partial charge is 0.213 e. The Morgan fingerprint density at radius 2 is 1.91 bits per heavy atom. The average molecular weight is 629 g/mol. The molecule has 4 aromatic rings. The summed E-state index contributed by atoms with van der Waals surface area (Å²) in [7, 11) is 3.68. The maximum Gasteiger partial charge on any atom is 0.213 e. The number of hydrogen-bond acceptors (Lipinski definition) is 10. The van der Waals surface area contributed by atoms with E-state index in [1.54, 1.807) is 13.3 Å². The highest BCUT2D eigenvalue weighted by molar-refractivity contribution is 5.92.